The van der Waals surface area contributed by atoms with Crippen LogP contribution in [0.25, 0.3) is 0 Å². The highest BCUT2D eigenvalue weighted by molar-refractivity contribution is 14.1. The van der Waals surface area contributed by atoms with Crippen LogP contribution in [-0.4, -0.2) is 9.28 Å². The predicted octanol–water partition coefficient (Wildman–Crippen LogP) is 2.73. The van der Waals surface area contributed by atoms with Crippen LogP contribution in [0.15, 0.2) is 36.1 Å². The molecule has 0 spiro atoms. The van der Waals surface area contributed by atoms with Crippen LogP contribution in [0.3, 0.4) is 0 Å². The molecular formula is C10H15IN2. The van der Waals surface area contributed by atoms with Crippen LogP contribution in [0.2, 0.25) is 0 Å². The summed E-state index contributed by atoms with van der Waals surface area (Å²) < 4.78 is 2.08. The number of hydrogen-bond acceptors (Lipinski definition) is 2. The number of hydrogen-bond donors (Lipinski definition) is 1. The Balaban J connectivity index is 3.00. The van der Waals surface area contributed by atoms with E-state index in [9.17, 15) is 0 Å². The predicted molar refractivity (Wildman–Crippen MR) is 65.1 cm³/mol. The van der Waals surface area contributed by atoms with E-state index in [-0.39, 0.29) is 6.17 Å². The Hall–Kier alpha value is -0.290. The van der Waals surface area contributed by atoms with Crippen LogP contribution in [0.1, 0.15) is 19.8 Å². The normalized spacial score (nSPS) is 24.2. The summed E-state index contributed by atoms with van der Waals surface area (Å²) in [6.45, 7) is 5.83. The third-order valence-corrected chi connectivity index (χ3v) is 3.37. The molecule has 0 aromatic heterocycles. The second kappa shape index (κ2) is 4.81. The van der Waals surface area contributed by atoms with E-state index in [1.54, 1.807) is 0 Å². The van der Waals surface area contributed by atoms with Crippen molar-refractivity contribution in [1.29, 1.82) is 0 Å². The summed E-state index contributed by atoms with van der Waals surface area (Å²) in [4.78, 5) is 0. The molecule has 2 N–H and O–H groups in total. The third kappa shape index (κ3) is 2.34. The van der Waals surface area contributed by atoms with Gasteiger partial charge in [-0.2, -0.15) is 0 Å². The van der Waals surface area contributed by atoms with E-state index in [1.807, 2.05) is 19.1 Å². The lowest BCUT2D eigenvalue weighted by molar-refractivity contribution is 0.409. The second-order valence-corrected chi connectivity index (χ2v) is 4.07. The molecule has 0 bridgehead atoms. The van der Waals surface area contributed by atoms with E-state index in [0.29, 0.717) is 0 Å². The molecule has 2 nitrogen and oxygen atoms in total. The molecule has 0 aliphatic carbocycles. The smallest absolute Gasteiger partial charge is 0.0870 e. The fourth-order valence-corrected chi connectivity index (χ4v) is 2.15. The molecule has 0 saturated heterocycles. The van der Waals surface area contributed by atoms with Crippen molar-refractivity contribution in [2.45, 2.75) is 25.9 Å². The van der Waals surface area contributed by atoms with Gasteiger partial charge in [0.25, 0.3) is 0 Å². The van der Waals surface area contributed by atoms with Gasteiger partial charge in [-0.25, -0.2) is 0 Å². The molecule has 1 unspecified atom stereocenters. The molecule has 1 aliphatic heterocycles. The lowest BCUT2D eigenvalue weighted by atomic mass is 10.0. The van der Waals surface area contributed by atoms with Crippen molar-refractivity contribution in [3.63, 3.8) is 0 Å². The Labute approximate surface area is 93.7 Å². The van der Waals surface area contributed by atoms with Crippen molar-refractivity contribution < 1.29 is 0 Å². The summed E-state index contributed by atoms with van der Waals surface area (Å²) in [5, 5.41) is 0. The van der Waals surface area contributed by atoms with Crippen molar-refractivity contribution in [3.8, 4) is 0 Å². The van der Waals surface area contributed by atoms with E-state index in [2.05, 4.69) is 38.6 Å². The SMILES string of the molecule is C=CC1=C(/C=C\C)N(I)C(N)CC1. The Kier molecular flexibility index (Phi) is 3.99. The zero-order valence-electron chi connectivity index (χ0n) is 7.83. The summed E-state index contributed by atoms with van der Waals surface area (Å²) >= 11 is 2.26. The van der Waals surface area contributed by atoms with E-state index in [4.69, 9.17) is 5.73 Å². The van der Waals surface area contributed by atoms with Crippen LogP contribution >= 0.6 is 22.9 Å². The summed E-state index contributed by atoms with van der Waals surface area (Å²) in [5.74, 6) is 0. The topological polar surface area (TPSA) is 29.3 Å². The maximum Gasteiger partial charge on any atom is 0.0870 e. The number of rotatable bonds is 2. The highest BCUT2D eigenvalue weighted by atomic mass is 127. The third-order valence-electron chi connectivity index (χ3n) is 2.13. The molecule has 1 aliphatic rings. The Bertz CT molecular complexity index is 256. The van der Waals surface area contributed by atoms with Gasteiger partial charge in [0.15, 0.2) is 0 Å². The van der Waals surface area contributed by atoms with Crippen molar-refractivity contribution in [1.82, 2.24) is 3.11 Å². The van der Waals surface area contributed by atoms with Gasteiger partial charge in [-0.15, -0.1) is 0 Å². The minimum atomic E-state index is 0.135. The van der Waals surface area contributed by atoms with Crippen molar-refractivity contribution >= 4 is 22.9 Å². The van der Waals surface area contributed by atoms with Crippen LogP contribution in [0.5, 0.6) is 0 Å². The molecule has 3 heteroatoms. The second-order valence-electron chi connectivity index (χ2n) is 3.03. The number of nitrogens with zero attached hydrogens (tertiary/aromatic N) is 1. The summed E-state index contributed by atoms with van der Waals surface area (Å²) in [7, 11) is 0. The van der Waals surface area contributed by atoms with Gasteiger partial charge in [0.2, 0.25) is 0 Å². The largest absolute Gasteiger partial charge is 0.311 e. The van der Waals surface area contributed by atoms with E-state index in [0.717, 1.165) is 12.8 Å². The van der Waals surface area contributed by atoms with Gasteiger partial charge in [-0.05, 0) is 31.4 Å². The minimum absolute atomic E-state index is 0.135. The Morgan fingerprint density at radius 1 is 1.69 bits per heavy atom. The first kappa shape index (κ1) is 10.8. The molecule has 0 aromatic carbocycles. The standard InChI is InChI=1S/C10H15IN2/c1-3-5-9-8(4-2)6-7-10(12)13(9)11/h3-5,10H,2,6-7,12H2,1H3/b5-3-. The van der Waals surface area contributed by atoms with Gasteiger partial charge in [0.05, 0.1) is 34.7 Å². The molecule has 0 saturated carbocycles. The summed E-state index contributed by atoms with van der Waals surface area (Å²) in [6.07, 6.45) is 8.21. The maximum atomic E-state index is 5.93. The zero-order chi connectivity index (χ0) is 9.84. The molecule has 0 amide bonds. The molecule has 1 rings (SSSR count). The van der Waals surface area contributed by atoms with Crippen molar-refractivity contribution in [3.05, 3.63) is 36.1 Å². The van der Waals surface area contributed by atoms with Gasteiger partial charge in [-0.1, -0.05) is 18.7 Å². The number of halogens is 1. The summed E-state index contributed by atoms with van der Waals surface area (Å²) in [5.41, 5.74) is 8.41. The first-order valence-electron chi connectivity index (χ1n) is 4.39. The maximum absolute atomic E-state index is 5.93. The van der Waals surface area contributed by atoms with Crippen LogP contribution in [-0.2, 0) is 0 Å². The average molecular weight is 290 g/mol. The quantitative estimate of drug-likeness (QED) is 0.626. The first-order valence-corrected chi connectivity index (χ1v) is 5.36. The van der Waals surface area contributed by atoms with Gasteiger partial charge < -0.3 is 5.73 Å². The van der Waals surface area contributed by atoms with E-state index < -0.39 is 0 Å². The van der Waals surface area contributed by atoms with Crippen molar-refractivity contribution in [2.75, 3.05) is 0 Å². The molecule has 0 aromatic rings. The summed E-state index contributed by atoms with van der Waals surface area (Å²) in [6, 6.07) is 0. The molecule has 1 heterocycles. The molecule has 72 valence electrons. The van der Waals surface area contributed by atoms with Crippen LogP contribution in [0, 0.1) is 0 Å². The Morgan fingerprint density at radius 3 is 2.92 bits per heavy atom. The highest BCUT2D eigenvalue weighted by Gasteiger charge is 2.20. The molecule has 1 atom stereocenters. The lowest BCUT2D eigenvalue weighted by Crippen LogP contribution is -2.37. The fourth-order valence-electron chi connectivity index (χ4n) is 1.40. The lowest BCUT2D eigenvalue weighted by Gasteiger charge is -2.31. The molecule has 0 fully saturated rings. The fraction of sp³-hybridized carbons (Fsp3) is 0.400. The average Bonchev–Trinajstić information content (AvgIpc) is 2.14. The van der Waals surface area contributed by atoms with Gasteiger partial charge in [0.1, 0.15) is 0 Å². The zero-order valence-corrected chi connectivity index (χ0v) is 9.99. The highest BCUT2D eigenvalue weighted by Crippen LogP contribution is 2.29. The van der Waals surface area contributed by atoms with E-state index in [1.165, 1.54) is 11.3 Å². The first-order chi connectivity index (χ1) is 6.20. The Morgan fingerprint density at radius 2 is 2.38 bits per heavy atom. The van der Waals surface area contributed by atoms with Crippen LogP contribution < -0.4 is 5.73 Å². The van der Waals surface area contributed by atoms with E-state index >= 15 is 0 Å². The monoisotopic (exact) mass is 290 g/mol. The molecular weight excluding hydrogens is 275 g/mol. The molecule has 13 heavy (non-hydrogen) atoms. The van der Waals surface area contributed by atoms with Crippen LogP contribution in [0.4, 0.5) is 0 Å². The van der Waals surface area contributed by atoms with Crippen molar-refractivity contribution in [2.24, 2.45) is 5.73 Å². The van der Waals surface area contributed by atoms with Gasteiger partial charge >= 0.3 is 0 Å². The van der Waals surface area contributed by atoms with Gasteiger partial charge in [0, 0.05) is 0 Å². The van der Waals surface area contributed by atoms with Gasteiger partial charge in [-0.3, -0.25) is 3.11 Å². The minimum Gasteiger partial charge on any atom is -0.311 e. The number of allylic oxidation sites excluding steroid dienone is 4. The molecule has 0 radical (unpaired) electrons. The number of nitrogens with two attached hydrogens (primary N) is 1.